The Kier molecular flexibility index (Phi) is 9.62. The molecule has 1 amide bonds. The monoisotopic (exact) mass is 806 g/mol. The molecule has 2 aliphatic rings. The first kappa shape index (κ1) is 37.0. The van der Waals surface area contributed by atoms with E-state index in [1.54, 1.807) is 12.1 Å². The van der Waals surface area contributed by atoms with Gasteiger partial charge in [-0.25, -0.2) is 28.4 Å². The van der Waals surface area contributed by atoms with Crippen molar-refractivity contribution in [1.82, 2.24) is 49.7 Å². The first-order valence-electron chi connectivity index (χ1n) is 18.5. The molecule has 58 heavy (non-hydrogen) atoms. The van der Waals surface area contributed by atoms with Gasteiger partial charge in [-0.2, -0.15) is 5.10 Å². The van der Waals surface area contributed by atoms with Crippen molar-refractivity contribution >= 4 is 44.8 Å². The van der Waals surface area contributed by atoms with Gasteiger partial charge < -0.3 is 25.8 Å². The predicted octanol–water partition coefficient (Wildman–Crippen LogP) is 4.00. The number of halogens is 2. The van der Waals surface area contributed by atoms with E-state index in [1.165, 1.54) is 39.3 Å². The highest BCUT2D eigenvalue weighted by Crippen LogP contribution is 2.39. The minimum atomic E-state index is -1.74. The third-order valence-corrected chi connectivity index (χ3v) is 11.4. The number of aliphatic hydroxyl groups is 1. The number of para-hydroxylation sites is 1. The van der Waals surface area contributed by atoms with Gasteiger partial charge in [0.05, 0.1) is 34.9 Å². The molecule has 9 rings (SSSR count). The van der Waals surface area contributed by atoms with Crippen molar-refractivity contribution in [3.63, 3.8) is 0 Å². The zero-order valence-corrected chi connectivity index (χ0v) is 31.6. The van der Waals surface area contributed by atoms with Crippen LogP contribution in [0.15, 0.2) is 90.2 Å². The first-order valence-corrected chi connectivity index (χ1v) is 19.3. The van der Waals surface area contributed by atoms with Crippen LogP contribution in [0.4, 0.5) is 26.0 Å². The molecule has 4 aromatic heterocycles. The van der Waals surface area contributed by atoms with Crippen molar-refractivity contribution in [3.8, 4) is 22.1 Å². The number of likely N-dealkylation sites (tertiary alicyclic amines) is 1. The van der Waals surface area contributed by atoms with Crippen LogP contribution in [0.25, 0.3) is 26.7 Å². The molecule has 0 bridgehead atoms. The largest absolute Gasteiger partial charge is 0.490 e. The second kappa shape index (κ2) is 15.1. The molecule has 7 aromatic rings. The zero-order valence-electron chi connectivity index (χ0n) is 30.8. The maximum Gasteiger partial charge on any atom is 0.298 e. The van der Waals surface area contributed by atoms with Crippen LogP contribution >= 0.6 is 11.3 Å². The van der Waals surface area contributed by atoms with E-state index in [2.05, 4.69) is 40.5 Å². The molecule has 5 N–H and O–H groups in total. The summed E-state index contributed by atoms with van der Waals surface area (Å²) >= 11 is 1.25. The SMILES string of the molecule is Nc1nc2sc(-c3nc(C(=O)NC4CCN(CC(O)(Cn5cncn5)c5ccc(F)cc5F)CC4)n[nH]3)cc2n(-c2ccc3c(c2)N(c2ccccc2)CCO3)c1=O. The second-order valence-electron chi connectivity index (χ2n) is 14.2. The van der Waals surface area contributed by atoms with Crippen LogP contribution in [0.3, 0.4) is 0 Å². The summed E-state index contributed by atoms with van der Waals surface area (Å²) in [5.41, 5.74) is 6.77. The van der Waals surface area contributed by atoms with Crippen LogP contribution in [0.2, 0.25) is 0 Å². The third kappa shape index (κ3) is 7.14. The van der Waals surface area contributed by atoms with Gasteiger partial charge in [0.15, 0.2) is 11.6 Å². The molecule has 296 valence electrons. The van der Waals surface area contributed by atoms with Crippen molar-refractivity contribution in [2.24, 2.45) is 0 Å². The molecule has 2 aliphatic heterocycles. The lowest BCUT2D eigenvalue weighted by atomic mass is 9.91. The standard InChI is InChI=1S/C39H36F2N12O4S/c40-23-6-8-27(28(41)16-23)39(56,20-51-22-43-21-44-51)19-50-12-10-24(11-13-50)45-36(54)35-47-34(48-49-35)32-18-30-37(58-32)46-33(42)38(55)53(30)26-7-9-31-29(17-26)52(14-15-57-31)25-4-2-1-3-5-25/h1-9,16-18,21-22,24,56H,10-15,19-20H2,(H2,42,46)(H,45,54)(H,47,48,49). The van der Waals surface area contributed by atoms with E-state index in [0.717, 1.165) is 23.5 Å². The number of carbonyl (C=O) groups is 1. The highest BCUT2D eigenvalue weighted by molar-refractivity contribution is 7.21. The lowest BCUT2D eigenvalue weighted by Gasteiger charge is -2.38. The number of nitrogen functional groups attached to an aromatic ring is 1. The van der Waals surface area contributed by atoms with Gasteiger partial charge in [-0.3, -0.25) is 24.2 Å². The Hall–Kier alpha value is -6.57. The summed E-state index contributed by atoms with van der Waals surface area (Å²) in [5.74, 6) is -1.30. The molecule has 0 saturated carbocycles. The Morgan fingerprint density at radius 2 is 1.84 bits per heavy atom. The van der Waals surface area contributed by atoms with Crippen LogP contribution in [0.1, 0.15) is 29.0 Å². The Morgan fingerprint density at radius 1 is 1.02 bits per heavy atom. The molecule has 19 heteroatoms. The summed E-state index contributed by atoms with van der Waals surface area (Å²) in [6.07, 6.45) is 3.80. The molecular formula is C39H36F2N12O4S. The van der Waals surface area contributed by atoms with Gasteiger partial charge >= 0.3 is 0 Å². The van der Waals surface area contributed by atoms with Gasteiger partial charge in [0.2, 0.25) is 5.82 Å². The molecule has 16 nitrogen and oxygen atoms in total. The topological polar surface area (TPSA) is 198 Å². The maximum atomic E-state index is 14.9. The number of anilines is 3. The smallest absolute Gasteiger partial charge is 0.298 e. The Labute approximate surface area is 332 Å². The van der Waals surface area contributed by atoms with Crippen molar-refractivity contribution < 1.29 is 23.4 Å². The van der Waals surface area contributed by atoms with Crippen LogP contribution in [0, 0.1) is 11.6 Å². The van der Waals surface area contributed by atoms with Crippen molar-refractivity contribution in [3.05, 3.63) is 119 Å². The highest BCUT2D eigenvalue weighted by Gasteiger charge is 2.37. The fourth-order valence-electron chi connectivity index (χ4n) is 7.59. The third-order valence-electron chi connectivity index (χ3n) is 10.4. The Balaban J connectivity index is 0.898. The average Bonchev–Trinajstić information content (AvgIpc) is 4.01. The number of hydrogen-bond donors (Lipinski definition) is 4. The molecular weight excluding hydrogens is 771 g/mol. The summed E-state index contributed by atoms with van der Waals surface area (Å²) in [4.78, 5) is 44.9. The number of rotatable bonds is 10. The number of ether oxygens (including phenoxy) is 1. The number of β-amino-alcohol motifs (C(OH)–C–C–N with tert-alkyl or cyclic N) is 1. The van der Waals surface area contributed by atoms with Crippen LogP contribution < -0.4 is 26.2 Å². The van der Waals surface area contributed by atoms with Gasteiger partial charge in [-0.15, -0.1) is 16.4 Å². The predicted molar refractivity (Wildman–Crippen MR) is 211 cm³/mol. The van der Waals surface area contributed by atoms with Gasteiger partial charge in [0.1, 0.15) is 47.1 Å². The first-order chi connectivity index (χ1) is 28.1. The molecule has 0 radical (unpaired) electrons. The highest BCUT2D eigenvalue weighted by atomic mass is 32.1. The number of nitrogens with zero attached hydrogens (tertiary/aromatic N) is 9. The molecule has 0 spiro atoms. The molecule has 1 atom stereocenters. The van der Waals surface area contributed by atoms with Crippen LogP contribution in [0.5, 0.6) is 5.75 Å². The lowest BCUT2D eigenvalue weighted by Crippen LogP contribution is -2.50. The van der Waals surface area contributed by atoms with Gasteiger partial charge in [0, 0.05) is 43.0 Å². The van der Waals surface area contributed by atoms with Crippen molar-refractivity contribution in [2.45, 2.75) is 31.0 Å². The van der Waals surface area contributed by atoms with Gasteiger partial charge in [-0.1, -0.05) is 24.3 Å². The van der Waals surface area contributed by atoms with E-state index in [-0.39, 0.29) is 36.3 Å². The normalized spacial score (nSPS) is 15.9. The van der Waals surface area contributed by atoms with E-state index in [1.807, 2.05) is 47.4 Å². The number of H-pyrrole nitrogens is 1. The fourth-order valence-corrected chi connectivity index (χ4v) is 8.55. The molecule has 6 heterocycles. The number of aromatic nitrogens is 8. The summed E-state index contributed by atoms with van der Waals surface area (Å²) in [7, 11) is 0. The minimum absolute atomic E-state index is 0.0386. The van der Waals surface area contributed by atoms with Gasteiger partial charge in [-0.05, 0) is 55.3 Å². The summed E-state index contributed by atoms with van der Waals surface area (Å²) in [5, 5.41) is 25.8. The number of piperidine rings is 1. The molecule has 1 unspecified atom stereocenters. The van der Waals surface area contributed by atoms with E-state index in [9.17, 15) is 23.5 Å². The van der Waals surface area contributed by atoms with Crippen molar-refractivity contribution in [2.75, 3.05) is 43.4 Å². The quantitative estimate of drug-likeness (QED) is 0.155. The number of fused-ring (bicyclic) bond motifs is 2. The minimum Gasteiger partial charge on any atom is -0.490 e. The number of hydrogen-bond acceptors (Lipinski definition) is 13. The van der Waals surface area contributed by atoms with E-state index < -0.39 is 28.7 Å². The number of carbonyl (C=O) groups excluding carboxylic acids is 1. The van der Waals surface area contributed by atoms with Gasteiger partial charge in [0.25, 0.3) is 11.5 Å². The second-order valence-corrected chi connectivity index (χ2v) is 15.2. The number of aromatic amines is 1. The van der Waals surface area contributed by atoms with Crippen molar-refractivity contribution in [1.29, 1.82) is 0 Å². The van der Waals surface area contributed by atoms with E-state index in [0.29, 0.717) is 71.6 Å². The average molecular weight is 807 g/mol. The van der Waals surface area contributed by atoms with Crippen LogP contribution in [-0.2, 0) is 12.1 Å². The summed E-state index contributed by atoms with van der Waals surface area (Å²) in [6, 6.07) is 20.1. The Bertz CT molecular complexity index is 2680. The molecule has 0 aliphatic carbocycles. The lowest BCUT2D eigenvalue weighted by molar-refractivity contribution is -0.0271. The summed E-state index contributed by atoms with van der Waals surface area (Å²) in [6.45, 7) is 2.04. The number of thiophene rings is 1. The van der Waals surface area contributed by atoms with E-state index in [4.69, 9.17) is 10.5 Å². The van der Waals surface area contributed by atoms with E-state index >= 15 is 0 Å². The number of nitrogens with two attached hydrogens (primary N) is 1. The fraction of sp³-hybridized carbons (Fsp3) is 0.256. The number of benzene rings is 3. The zero-order chi connectivity index (χ0) is 40.0. The molecule has 3 aromatic carbocycles. The van der Waals surface area contributed by atoms with Crippen LogP contribution in [-0.4, -0.2) is 94.2 Å². The molecule has 1 fully saturated rings. The number of amides is 1. The summed E-state index contributed by atoms with van der Waals surface area (Å²) < 4.78 is 37.5. The molecule has 1 saturated heterocycles. The maximum absolute atomic E-state index is 14.9. The number of nitrogens with one attached hydrogen (secondary N) is 2. The Morgan fingerprint density at radius 3 is 2.62 bits per heavy atom.